The van der Waals surface area contributed by atoms with E-state index >= 15 is 0 Å². The van der Waals surface area contributed by atoms with Crippen molar-refractivity contribution in [1.82, 2.24) is 25.1 Å². The highest BCUT2D eigenvalue weighted by molar-refractivity contribution is 6.31. The maximum absolute atomic E-state index is 13.6. The second-order valence-corrected chi connectivity index (χ2v) is 18.5. The zero-order valence-electron chi connectivity index (χ0n) is 35.2. The van der Waals surface area contributed by atoms with Crippen LogP contribution in [0.4, 0.5) is 11.6 Å². The van der Waals surface area contributed by atoms with Crippen LogP contribution in [0, 0.1) is 34.0 Å². The lowest BCUT2D eigenvalue weighted by Crippen LogP contribution is -2.66. The number of aromatic nitrogens is 2. The maximum atomic E-state index is 13.6. The number of carbonyl (C=O) groups is 5. The number of hydrogen-bond acceptors (Lipinski definition) is 13. The van der Waals surface area contributed by atoms with Crippen LogP contribution in [-0.2, 0) is 9.59 Å². The minimum absolute atomic E-state index is 0.00620. The number of fused-ring (bicyclic) bond motifs is 1. The molecule has 3 saturated heterocycles. The number of amides is 4. The van der Waals surface area contributed by atoms with Crippen molar-refractivity contribution >= 4 is 52.6 Å². The number of piperidine rings is 2. The Morgan fingerprint density at radius 3 is 2.23 bits per heavy atom. The van der Waals surface area contributed by atoms with Crippen LogP contribution < -0.4 is 24.6 Å². The number of anilines is 2. The van der Waals surface area contributed by atoms with Crippen LogP contribution in [0.25, 0.3) is 0 Å². The van der Waals surface area contributed by atoms with Gasteiger partial charge in [-0.2, -0.15) is 5.26 Å². The minimum Gasteiger partial charge on any atom is -0.496 e. The zero-order valence-corrected chi connectivity index (χ0v) is 36.0. The Hall–Kier alpha value is -5.59. The molecule has 1 aliphatic carbocycles. The van der Waals surface area contributed by atoms with Crippen LogP contribution in [0.2, 0.25) is 5.02 Å². The molecule has 320 valence electrons. The summed E-state index contributed by atoms with van der Waals surface area (Å²) in [4.78, 5) is 81.9. The summed E-state index contributed by atoms with van der Waals surface area (Å²) in [7, 11) is 1.46. The third-order valence-corrected chi connectivity index (χ3v) is 14.0. The zero-order chi connectivity index (χ0) is 43.4. The van der Waals surface area contributed by atoms with Gasteiger partial charge in [-0.3, -0.25) is 39.1 Å². The molecule has 15 nitrogen and oxygen atoms in total. The molecule has 8 rings (SSSR count). The highest BCUT2D eigenvalue weighted by Gasteiger charge is 2.63. The van der Waals surface area contributed by atoms with Crippen molar-refractivity contribution in [1.29, 1.82) is 5.26 Å². The molecule has 1 aromatic heterocycles. The summed E-state index contributed by atoms with van der Waals surface area (Å²) in [5, 5.41) is 11.8. The van der Waals surface area contributed by atoms with Gasteiger partial charge in [-0.15, -0.1) is 0 Å². The average Bonchev–Trinajstić information content (AvgIpc) is 3.50. The standard InChI is InChI=1S/C45H51ClN8O7/c1-44(2)36(45(3,4)42(44)61-30-7-6-27(22-47)32(46)20-30)21-34(55)28-23-48-43(49-24-28)53-12-10-26(11-13-53)25-51-14-16-52(17-15-51)29-18-31-38(35(19-29)60-5)41(59)54(40(31)58)33-8-9-37(56)50-39(33)57/h6-7,18-20,23-24,26,33,36,42H,8-17,21,25H2,1-5H3,(H,50,56,57). The second-order valence-electron chi connectivity index (χ2n) is 18.1. The molecule has 2 aromatic carbocycles. The van der Waals surface area contributed by atoms with E-state index in [-0.39, 0.29) is 58.4 Å². The summed E-state index contributed by atoms with van der Waals surface area (Å²) >= 11 is 6.26. The van der Waals surface area contributed by atoms with Gasteiger partial charge in [0.05, 0.1) is 34.4 Å². The quantitative estimate of drug-likeness (QED) is 0.198. The molecule has 1 unspecified atom stereocenters. The van der Waals surface area contributed by atoms with Crippen molar-refractivity contribution < 1.29 is 33.4 Å². The summed E-state index contributed by atoms with van der Waals surface area (Å²) < 4.78 is 12.0. The van der Waals surface area contributed by atoms with Crippen molar-refractivity contribution in [2.75, 3.05) is 62.7 Å². The second kappa shape index (κ2) is 16.4. The maximum Gasteiger partial charge on any atom is 0.266 e. The van der Waals surface area contributed by atoms with Crippen LogP contribution in [0.3, 0.4) is 0 Å². The van der Waals surface area contributed by atoms with E-state index in [2.05, 4.69) is 63.7 Å². The largest absolute Gasteiger partial charge is 0.496 e. The van der Waals surface area contributed by atoms with Gasteiger partial charge < -0.3 is 19.3 Å². The van der Waals surface area contributed by atoms with E-state index < -0.39 is 29.7 Å². The van der Waals surface area contributed by atoms with E-state index in [0.717, 1.165) is 69.2 Å². The van der Waals surface area contributed by atoms with E-state index in [1.807, 2.05) is 0 Å². The van der Waals surface area contributed by atoms with E-state index in [1.54, 1.807) is 42.7 Å². The number of nitrogens with zero attached hydrogens (tertiary/aromatic N) is 7. The smallest absolute Gasteiger partial charge is 0.266 e. The normalized spacial score (nSPS) is 23.9. The molecule has 61 heavy (non-hydrogen) atoms. The van der Waals surface area contributed by atoms with Crippen molar-refractivity contribution in [2.45, 2.75) is 71.9 Å². The Labute approximate surface area is 360 Å². The number of imide groups is 2. The molecular weight excluding hydrogens is 800 g/mol. The van der Waals surface area contributed by atoms with Gasteiger partial charge in [-0.05, 0) is 49.3 Å². The number of nitrogens with one attached hydrogen (secondary N) is 1. The summed E-state index contributed by atoms with van der Waals surface area (Å²) in [6, 6.07) is 9.63. The number of piperazine rings is 1. The number of ketones is 1. The molecule has 1 atom stereocenters. The van der Waals surface area contributed by atoms with Gasteiger partial charge in [0.15, 0.2) is 5.78 Å². The fourth-order valence-corrected chi connectivity index (χ4v) is 10.7. The Bertz CT molecular complexity index is 2300. The number of benzene rings is 2. The number of Topliss-reactive ketones (excluding diaryl/α,β-unsaturated/α-hetero) is 1. The molecule has 3 aromatic rings. The molecule has 0 radical (unpaired) electrons. The summed E-state index contributed by atoms with van der Waals surface area (Å²) in [5.74, 6) is -0.0987. The SMILES string of the molecule is COc1cc(N2CCN(CC3CCN(c4ncc(C(=O)CC5C(C)(C)C(Oc6ccc(C#N)c(Cl)c6)C5(C)C)cn4)CC3)CC2)cc2c1C(=O)N(C1CCC(=O)NC1=O)C2=O. The number of ether oxygens (including phenoxy) is 2. The van der Waals surface area contributed by atoms with Crippen molar-refractivity contribution in [2.24, 2.45) is 22.7 Å². The third-order valence-electron chi connectivity index (χ3n) is 13.7. The van der Waals surface area contributed by atoms with Gasteiger partial charge in [-0.25, -0.2) is 9.97 Å². The number of methoxy groups -OCH3 is 1. The molecule has 0 bridgehead atoms. The molecule has 5 aliphatic rings. The number of hydrogen-bond donors (Lipinski definition) is 1. The van der Waals surface area contributed by atoms with Gasteiger partial charge in [0.25, 0.3) is 11.8 Å². The Kier molecular flexibility index (Phi) is 11.3. The fraction of sp³-hybridized carbons (Fsp3) is 0.511. The van der Waals surface area contributed by atoms with Crippen LogP contribution in [0.15, 0.2) is 42.7 Å². The van der Waals surface area contributed by atoms with E-state index in [0.29, 0.717) is 40.2 Å². The minimum atomic E-state index is -1.04. The monoisotopic (exact) mass is 850 g/mol. The first-order valence-corrected chi connectivity index (χ1v) is 21.4. The summed E-state index contributed by atoms with van der Waals surface area (Å²) in [6.45, 7) is 14.3. The first-order valence-electron chi connectivity index (χ1n) is 21.0. The van der Waals surface area contributed by atoms with Gasteiger partial charge in [-0.1, -0.05) is 39.3 Å². The number of rotatable bonds is 11. The lowest BCUT2D eigenvalue weighted by molar-refractivity contribution is -0.196. The van der Waals surface area contributed by atoms with Crippen LogP contribution >= 0.6 is 11.6 Å². The molecule has 1 saturated carbocycles. The molecule has 4 aliphatic heterocycles. The Morgan fingerprint density at radius 2 is 1.61 bits per heavy atom. The van der Waals surface area contributed by atoms with Gasteiger partial charge in [0.1, 0.15) is 29.7 Å². The number of nitriles is 1. The predicted octanol–water partition coefficient (Wildman–Crippen LogP) is 5.15. The van der Waals surface area contributed by atoms with Crippen molar-refractivity contribution in [3.63, 3.8) is 0 Å². The highest BCUT2D eigenvalue weighted by Crippen LogP contribution is 2.61. The number of carbonyl (C=O) groups excluding carboxylic acids is 5. The average molecular weight is 851 g/mol. The fourth-order valence-electron chi connectivity index (χ4n) is 10.5. The van der Waals surface area contributed by atoms with E-state index in [9.17, 15) is 29.2 Å². The van der Waals surface area contributed by atoms with Crippen LogP contribution in [-0.4, -0.2) is 114 Å². The lowest BCUT2D eigenvalue weighted by Gasteiger charge is -2.63. The Balaban J connectivity index is 0.806. The molecule has 0 spiro atoms. The topological polar surface area (TPSA) is 178 Å². The first-order chi connectivity index (χ1) is 29.1. The highest BCUT2D eigenvalue weighted by atomic mass is 35.5. The van der Waals surface area contributed by atoms with Crippen LogP contribution in [0.5, 0.6) is 11.5 Å². The molecule has 1 N–H and O–H groups in total. The van der Waals surface area contributed by atoms with Gasteiger partial charge in [0, 0.05) is 99.7 Å². The predicted molar refractivity (Wildman–Crippen MR) is 226 cm³/mol. The molecule has 4 amide bonds. The van der Waals surface area contributed by atoms with Crippen molar-refractivity contribution in [3.05, 3.63) is 70.0 Å². The van der Waals surface area contributed by atoms with Crippen LogP contribution in [0.1, 0.15) is 96.4 Å². The first kappa shape index (κ1) is 42.1. The molecular formula is C45H51ClN8O7. The van der Waals surface area contributed by atoms with E-state index in [4.69, 9.17) is 21.1 Å². The summed E-state index contributed by atoms with van der Waals surface area (Å²) in [5.41, 5.74) is 1.46. The Morgan fingerprint density at radius 1 is 0.918 bits per heavy atom. The lowest BCUT2D eigenvalue weighted by atomic mass is 9.44. The van der Waals surface area contributed by atoms with E-state index in [1.165, 1.54) is 7.11 Å². The molecule has 4 fully saturated rings. The molecule has 16 heteroatoms. The third kappa shape index (κ3) is 7.80. The number of halogens is 1. The van der Waals surface area contributed by atoms with Gasteiger partial charge >= 0.3 is 0 Å². The van der Waals surface area contributed by atoms with Crippen molar-refractivity contribution in [3.8, 4) is 17.6 Å². The summed E-state index contributed by atoms with van der Waals surface area (Å²) in [6.07, 6.45) is 5.64. The molecule has 5 heterocycles. The van der Waals surface area contributed by atoms with Gasteiger partial charge in [0.2, 0.25) is 17.8 Å².